The molecule has 0 bridgehead atoms. The maximum atomic E-state index is 13.8. The van der Waals surface area contributed by atoms with Gasteiger partial charge >= 0.3 is 47.8 Å². The number of nitrogens with one attached hydrogen (secondary N) is 14. The van der Waals surface area contributed by atoms with Gasteiger partial charge in [0, 0.05) is 86.1 Å². The van der Waals surface area contributed by atoms with Crippen molar-refractivity contribution in [3.63, 3.8) is 0 Å². The van der Waals surface area contributed by atoms with Crippen LogP contribution in [0.3, 0.4) is 0 Å². The van der Waals surface area contributed by atoms with Crippen molar-refractivity contribution in [3.8, 4) is 33.9 Å². The standard InChI is InChI=1S/C60H90N14O33.C20H12O5/c1-25(2)48(64-27(5)76)59(105)71-35(20-47(94)95)57(103)72-36(24-75)58(104)73-49(26(3)4)60(106)70-32(10-17-44(88)89)54(100)63-22-38(78)66-30(8-15-42(84)85)52(98)61-23-39(79)67-33(11-18-45(90)91)55(101)69-34(12-19-46(92)93)56(102)68-31(9-16-43(86)87)53(99)62-21-37(77)65-28(6-13-40(80)81)50(96)51(97)29(74-107)7-14-41(82)83;21-11-24-17-4-2-1-3-14(17)20-15-7-5-12(22)9-18(15)25-19-10-13(23)6-8-16(19)20/h25-26,28-36,48-49,74-75,107H,6-24H2,1-5H3,(H,61,98)(H,62,99)(H,63,100)(H,64,76)(H,65,77)(H,66,78)(H,67,79)(H,68,102)(H,69,101)(H,70,106)(H,71,105)(H,72,103)(H,73,104)(H,80,81)(H,82,83)(H,84,85)(H,86,87)(H,88,89)(H,90,91)(H,92,93)(H,94,95);1-11,22H/t28?,29-,30?,31?,32?,33?,34-,35-,36?,48?,49-;/m0./s1. The lowest BCUT2D eigenvalue weighted by atomic mass is 9.93. The largest absolute Gasteiger partial charge is 0.508 e. The lowest BCUT2D eigenvalue weighted by molar-refractivity contribution is -0.143. The van der Waals surface area contributed by atoms with Crippen molar-refractivity contribution in [2.45, 2.75) is 197 Å². The zero-order valence-corrected chi connectivity index (χ0v) is 71.2. The van der Waals surface area contributed by atoms with E-state index in [2.05, 4.69) is 47.9 Å². The van der Waals surface area contributed by atoms with E-state index in [1.54, 1.807) is 30.3 Å². The number of amides is 13. The number of rotatable bonds is 58. The number of hydroxylamine groups is 1. The van der Waals surface area contributed by atoms with Crippen molar-refractivity contribution in [2.75, 3.05) is 26.2 Å². The lowest BCUT2D eigenvalue weighted by Gasteiger charge is -2.28. The van der Waals surface area contributed by atoms with Crippen LogP contribution in [0.4, 0.5) is 0 Å². The molecule has 0 radical (unpaired) electrons. The van der Waals surface area contributed by atoms with Crippen LogP contribution in [0.25, 0.3) is 33.4 Å². The molecule has 0 saturated carbocycles. The zero-order valence-electron chi connectivity index (χ0n) is 71.2. The third kappa shape index (κ3) is 39.0. The Morgan fingerprint density at radius 1 is 0.386 bits per heavy atom. The molecule has 0 spiro atoms. The number of fused-ring (bicyclic) bond motifs is 2. The summed E-state index contributed by atoms with van der Waals surface area (Å²) in [5, 5.41) is 132. The monoisotopic (exact) mass is 1870 g/mol. The normalized spacial score (nSPS) is 13.3. The smallest absolute Gasteiger partial charge is 0.305 e. The van der Waals surface area contributed by atoms with Gasteiger partial charge in [0.1, 0.15) is 77.2 Å². The maximum Gasteiger partial charge on any atom is 0.305 e. The molecule has 4 rings (SSSR count). The molecule has 1 heterocycles. The number of carbonyl (C=O) groups is 24. The van der Waals surface area contributed by atoms with Crippen LogP contribution in [-0.4, -0.2) is 292 Å². The molecular formula is C80H102N14O38. The van der Waals surface area contributed by atoms with Gasteiger partial charge in [0.05, 0.1) is 44.7 Å². The topological polar surface area (TPSA) is 840 Å². The van der Waals surface area contributed by atoms with Gasteiger partial charge in [-0.3, -0.25) is 120 Å². The van der Waals surface area contributed by atoms with Crippen LogP contribution in [0.2, 0.25) is 0 Å². The molecule has 2 aliphatic rings. The summed E-state index contributed by atoms with van der Waals surface area (Å²) in [5.41, 5.74) is 3.83. The number of hydrogen-bond acceptors (Lipinski definition) is 31. The molecule has 2 aromatic rings. The molecule has 11 atom stereocenters. The van der Waals surface area contributed by atoms with Gasteiger partial charge in [-0.25, -0.2) is 0 Å². The summed E-state index contributed by atoms with van der Waals surface area (Å²) in [5.74, 6) is -32.3. The van der Waals surface area contributed by atoms with Gasteiger partial charge in [-0.1, -0.05) is 45.9 Å². The van der Waals surface area contributed by atoms with Gasteiger partial charge in [0.25, 0.3) is 6.47 Å². The maximum absolute atomic E-state index is 13.8. The number of aliphatic carboxylic acids is 8. The number of benzene rings is 3. The first-order valence-corrected chi connectivity index (χ1v) is 40.0. The second-order valence-corrected chi connectivity index (χ2v) is 29.7. The molecule has 1 aliphatic carbocycles. The minimum atomic E-state index is -2.05. The summed E-state index contributed by atoms with van der Waals surface area (Å²) in [7, 11) is 0. The highest BCUT2D eigenvalue weighted by Crippen LogP contribution is 2.44. The van der Waals surface area contributed by atoms with Gasteiger partial charge in [-0.05, 0) is 87.1 Å². The van der Waals surface area contributed by atoms with Crippen LogP contribution in [0, 0.1) is 11.8 Å². The van der Waals surface area contributed by atoms with Gasteiger partial charge in [0.2, 0.25) is 88.4 Å². The summed E-state index contributed by atoms with van der Waals surface area (Å²) < 4.78 is 10.9. The summed E-state index contributed by atoms with van der Waals surface area (Å²) in [6.07, 6.45) is -12.5. The first-order valence-electron chi connectivity index (χ1n) is 40.0. The number of ether oxygens (including phenoxy) is 1. The average molecular weight is 1870 g/mol. The summed E-state index contributed by atoms with van der Waals surface area (Å²) >= 11 is 0. The number of aromatic hydroxyl groups is 1. The molecule has 1 aliphatic heterocycles. The van der Waals surface area contributed by atoms with Gasteiger partial charge < -0.3 is 135 Å². The molecule has 52 heteroatoms. The fraction of sp³-hybridized carbons (Fsp3) is 0.463. The summed E-state index contributed by atoms with van der Waals surface area (Å²) in [6, 6.07) is -3.94. The van der Waals surface area contributed by atoms with E-state index >= 15 is 0 Å². The lowest BCUT2D eigenvalue weighted by Crippen LogP contribution is -2.61. The Hall–Kier alpha value is -15.5. The molecule has 7 unspecified atom stereocenters. The number of carboxylic acids is 8. The van der Waals surface area contributed by atoms with Gasteiger partial charge in [-0.2, -0.15) is 5.48 Å². The Labute approximate surface area is 746 Å². The van der Waals surface area contributed by atoms with Crippen molar-refractivity contribution in [2.24, 2.45) is 11.8 Å². The molecule has 132 heavy (non-hydrogen) atoms. The summed E-state index contributed by atoms with van der Waals surface area (Å²) in [6.45, 7) is 2.60. The fourth-order valence-corrected chi connectivity index (χ4v) is 12.1. The number of phenolic OH excluding ortho intramolecular Hbond substituents is 1. The fourth-order valence-electron chi connectivity index (χ4n) is 12.1. The Morgan fingerprint density at radius 2 is 0.742 bits per heavy atom. The Morgan fingerprint density at radius 3 is 1.15 bits per heavy atom. The highest BCUT2D eigenvalue weighted by Gasteiger charge is 2.39. The van der Waals surface area contributed by atoms with Crippen LogP contribution in [0.15, 0.2) is 69.9 Å². The summed E-state index contributed by atoms with van der Waals surface area (Å²) in [4.78, 5) is 314. The van der Waals surface area contributed by atoms with Crippen LogP contribution < -0.4 is 84.8 Å². The van der Waals surface area contributed by atoms with E-state index in [4.69, 9.17) is 14.3 Å². The SMILES string of the molecule is CC(=O)NC(C(=O)N[C@@H](CC(=O)O)C(=O)NC(CO)C(=O)N[C@H](C(=O)NC(CCC(=O)O)C(=O)NCC(=O)NC(CCC(=O)O)C(=O)NCC(=O)NC(CCC(=O)O)C(=O)N[C@@H](CCC(=O)O)C(=O)NC(CCC(=O)O)C(=O)NCC(=O)NC(CCC(=O)O)C(=O)C(=O)[C@H](CCC(=O)O)NO)C(C)C)C(C)C.O=COc1ccccc1-c1c2ccc(=O)cc-2oc2cc(O)ccc12. The van der Waals surface area contributed by atoms with Crippen molar-refractivity contribution in [1.82, 2.24) is 74.6 Å². The van der Waals surface area contributed by atoms with Gasteiger partial charge in [-0.15, -0.1) is 0 Å². The van der Waals surface area contributed by atoms with Crippen molar-refractivity contribution in [1.29, 1.82) is 0 Å². The molecule has 2 aromatic carbocycles. The second kappa shape index (κ2) is 55.3. The number of carbonyl (C=O) groups excluding carboxylic acids is 16. The van der Waals surface area contributed by atoms with E-state index in [0.717, 1.165) is 17.9 Å². The Bertz CT molecular complexity index is 4960. The number of hydrogen-bond donors (Lipinski definition) is 25. The van der Waals surface area contributed by atoms with Crippen LogP contribution in [0.5, 0.6) is 11.5 Å². The van der Waals surface area contributed by atoms with Crippen molar-refractivity contribution >= 4 is 154 Å². The van der Waals surface area contributed by atoms with Crippen LogP contribution in [-0.2, 0) is 115 Å². The number of ketones is 2. The van der Waals surface area contributed by atoms with E-state index in [-0.39, 0.29) is 11.2 Å². The molecule has 720 valence electrons. The molecule has 13 amide bonds. The first kappa shape index (κ1) is 111. The number of aliphatic hydroxyl groups excluding tert-OH is 1. The predicted molar refractivity (Wildman–Crippen MR) is 443 cm³/mol. The molecule has 0 aromatic heterocycles. The zero-order chi connectivity index (χ0) is 99.5. The van der Waals surface area contributed by atoms with E-state index in [1.807, 2.05) is 33.4 Å². The molecule has 25 N–H and O–H groups in total. The molecule has 52 nitrogen and oxygen atoms in total. The number of aliphatic hydroxyl groups is 1. The number of phenols is 1. The Balaban J connectivity index is 0.00000151. The quantitative estimate of drug-likeness (QED) is 0.00848. The van der Waals surface area contributed by atoms with E-state index in [9.17, 15) is 171 Å². The van der Waals surface area contributed by atoms with Crippen molar-refractivity contribution < 1.29 is 180 Å². The van der Waals surface area contributed by atoms with Gasteiger partial charge in [0.15, 0.2) is 5.43 Å². The van der Waals surface area contributed by atoms with Crippen LogP contribution in [0.1, 0.15) is 131 Å². The van der Waals surface area contributed by atoms with Crippen LogP contribution >= 0.6 is 0 Å². The number of carboxylic acid groups (broad SMARTS) is 8. The number of Topliss-reactive ketones (excluding diaryl/α,β-unsaturated/α-hetero) is 2. The Kier molecular flexibility index (Phi) is 46.3. The van der Waals surface area contributed by atoms with E-state index in [0.29, 0.717) is 34.7 Å². The molecule has 0 saturated heterocycles. The second-order valence-electron chi connectivity index (χ2n) is 29.7. The average Bonchev–Trinajstić information content (AvgIpc) is 0.750. The highest BCUT2D eigenvalue weighted by molar-refractivity contribution is 6.41. The van der Waals surface area contributed by atoms with E-state index in [1.165, 1.54) is 51.4 Å². The minimum absolute atomic E-state index is 0.0530. The molecule has 0 fully saturated rings. The number of para-hydroxylation sites is 1. The molecular weight excluding hydrogens is 1760 g/mol. The predicted octanol–water partition coefficient (Wildman–Crippen LogP) is -5.67. The van der Waals surface area contributed by atoms with E-state index < -0.39 is 337 Å². The highest BCUT2D eigenvalue weighted by atomic mass is 16.5. The third-order valence-corrected chi connectivity index (χ3v) is 18.8. The minimum Gasteiger partial charge on any atom is -0.508 e. The first-order chi connectivity index (χ1) is 62.0. The third-order valence-electron chi connectivity index (χ3n) is 18.8. The van der Waals surface area contributed by atoms with Crippen molar-refractivity contribution in [3.05, 3.63) is 70.9 Å².